The van der Waals surface area contributed by atoms with E-state index in [-0.39, 0.29) is 5.41 Å². The van der Waals surface area contributed by atoms with E-state index in [4.69, 9.17) is 4.98 Å². The molecule has 2 heteroatoms. The van der Waals surface area contributed by atoms with Crippen molar-refractivity contribution in [2.24, 2.45) is 0 Å². The van der Waals surface area contributed by atoms with Crippen LogP contribution in [0.1, 0.15) is 25.0 Å². The van der Waals surface area contributed by atoms with Crippen LogP contribution in [0.5, 0.6) is 0 Å². The van der Waals surface area contributed by atoms with Gasteiger partial charge < -0.3 is 0 Å². The van der Waals surface area contributed by atoms with Crippen LogP contribution < -0.4 is 10.4 Å². The number of nitrogens with zero attached hydrogens (tertiary/aromatic N) is 1. The molecule has 0 saturated heterocycles. The normalized spacial score (nSPS) is 13.9. The first kappa shape index (κ1) is 40.9. The Hall–Kier alpha value is -8.17. The molecule has 1 aliphatic carbocycles. The van der Waals surface area contributed by atoms with E-state index < -0.39 is 8.07 Å². The van der Waals surface area contributed by atoms with Crippen LogP contribution in [0, 0.1) is 0 Å². The average Bonchev–Trinajstić information content (AvgIpc) is 3.78. The van der Waals surface area contributed by atoms with Crippen molar-refractivity contribution in [3.05, 3.63) is 236 Å². The third-order valence-electron chi connectivity index (χ3n) is 16.1. The summed E-state index contributed by atoms with van der Waals surface area (Å²) >= 11 is 0. The van der Waals surface area contributed by atoms with Gasteiger partial charge in [-0.3, -0.25) is 0 Å². The second kappa shape index (κ2) is 15.2. The highest BCUT2D eigenvalue weighted by Crippen LogP contribution is 2.51. The van der Waals surface area contributed by atoms with Crippen LogP contribution >= 0.6 is 0 Å². The molecule has 330 valence electrons. The summed E-state index contributed by atoms with van der Waals surface area (Å²) in [5.41, 5.74) is 20.9. The fourth-order valence-corrected chi connectivity index (χ4v) is 15.6. The predicted octanol–water partition coefficient (Wildman–Crippen LogP) is 17.1. The van der Waals surface area contributed by atoms with E-state index in [1.165, 1.54) is 115 Å². The Kier molecular flexibility index (Phi) is 8.85. The van der Waals surface area contributed by atoms with Crippen LogP contribution in [-0.2, 0) is 5.41 Å². The van der Waals surface area contributed by atoms with E-state index in [2.05, 4.69) is 251 Å². The molecule has 70 heavy (non-hydrogen) atoms. The molecule has 0 unspecified atom stereocenters. The van der Waals surface area contributed by atoms with Gasteiger partial charge in [0.05, 0.1) is 11.2 Å². The van der Waals surface area contributed by atoms with E-state index in [9.17, 15) is 0 Å². The molecule has 1 aromatic heterocycles. The third-order valence-corrected chi connectivity index (χ3v) is 19.6. The van der Waals surface area contributed by atoms with Gasteiger partial charge in [0.25, 0.3) is 0 Å². The largest absolute Gasteiger partial charge is 0.247 e. The molecule has 2 aliphatic rings. The monoisotopic (exact) mass is 907 g/mol. The van der Waals surface area contributed by atoms with Crippen molar-refractivity contribution in [3.63, 3.8) is 0 Å². The summed E-state index contributed by atoms with van der Waals surface area (Å²) < 4.78 is 0. The highest BCUT2D eigenvalue weighted by Gasteiger charge is 2.38. The van der Waals surface area contributed by atoms with Crippen LogP contribution in [-0.4, -0.2) is 13.1 Å². The van der Waals surface area contributed by atoms with Crippen LogP contribution in [0.3, 0.4) is 0 Å². The Balaban J connectivity index is 0.942. The highest BCUT2D eigenvalue weighted by molar-refractivity contribution is 7.03. The Morgan fingerprint density at radius 1 is 0.329 bits per heavy atom. The van der Waals surface area contributed by atoms with Gasteiger partial charge in [0, 0.05) is 21.9 Å². The second-order valence-corrected chi connectivity index (χ2v) is 24.9. The van der Waals surface area contributed by atoms with Crippen molar-refractivity contribution in [2.75, 3.05) is 0 Å². The molecule has 0 saturated carbocycles. The minimum absolute atomic E-state index is 0.112. The number of rotatable bonds is 5. The number of hydrogen-bond acceptors (Lipinski definition) is 1. The smallest absolute Gasteiger partial charge is 0.113 e. The minimum atomic E-state index is -1.93. The summed E-state index contributed by atoms with van der Waals surface area (Å²) in [6.45, 7) is 9.74. The Morgan fingerprint density at radius 3 is 1.61 bits per heavy atom. The third kappa shape index (κ3) is 6.00. The fourth-order valence-electron chi connectivity index (χ4n) is 12.5. The summed E-state index contributed by atoms with van der Waals surface area (Å²) in [5.74, 6) is 0. The van der Waals surface area contributed by atoms with Crippen molar-refractivity contribution < 1.29 is 0 Å². The molecule has 0 N–H and O–H groups in total. The van der Waals surface area contributed by atoms with Gasteiger partial charge in [-0.2, -0.15) is 0 Å². The molecule has 0 amide bonds. The Bertz CT molecular complexity index is 4120. The van der Waals surface area contributed by atoms with E-state index in [0.29, 0.717) is 0 Å². The van der Waals surface area contributed by atoms with Crippen LogP contribution in [0.4, 0.5) is 0 Å². The summed E-state index contributed by atoms with van der Waals surface area (Å²) in [5, 5.41) is 11.7. The van der Waals surface area contributed by atoms with E-state index >= 15 is 0 Å². The molecular formula is C68H49NSi. The number of fused-ring (bicyclic) bond motifs is 10. The van der Waals surface area contributed by atoms with Crippen molar-refractivity contribution >= 4 is 61.7 Å². The molecule has 2 heterocycles. The van der Waals surface area contributed by atoms with Crippen LogP contribution in [0.2, 0.25) is 13.1 Å². The number of hydrogen-bond donors (Lipinski definition) is 0. The van der Waals surface area contributed by atoms with Crippen LogP contribution in [0.25, 0.3) is 121 Å². The zero-order chi connectivity index (χ0) is 46.9. The van der Waals surface area contributed by atoms with Crippen LogP contribution in [0.15, 0.2) is 224 Å². The number of para-hydroxylation sites is 1. The van der Waals surface area contributed by atoms with Gasteiger partial charge in [-0.05, 0) is 133 Å². The molecule has 12 aromatic rings. The number of benzene rings is 11. The van der Waals surface area contributed by atoms with Gasteiger partial charge in [-0.15, -0.1) is 0 Å². The lowest BCUT2D eigenvalue weighted by atomic mass is 9.81. The Morgan fingerprint density at radius 2 is 0.857 bits per heavy atom. The second-order valence-electron chi connectivity index (χ2n) is 20.6. The summed E-state index contributed by atoms with van der Waals surface area (Å²) in [4.78, 5) is 5.70. The van der Waals surface area contributed by atoms with Gasteiger partial charge in [0.15, 0.2) is 0 Å². The highest BCUT2D eigenvalue weighted by atomic mass is 28.3. The van der Waals surface area contributed by atoms with E-state index in [1.807, 2.05) is 0 Å². The average molecular weight is 908 g/mol. The van der Waals surface area contributed by atoms with Crippen molar-refractivity contribution in [2.45, 2.75) is 32.4 Å². The summed E-state index contributed by atoms with van der Waals surface area (Å²) in [6.07, 6.45) is 0. The molecule has 1 aliphatic heterocycles. The van der Waals surface area contributed by atoms with Gasteiger partial charge in [-0.1, -0.05) is 233 Å². The number of pyridine rings is 1. The fraction of sp³-hybridized carbons (Fsp3) is 0.0735. The number of aromatic nitrogens is 1. The topological polar surface area (TPSA) is 12.9 Å². The van der Waals surface area contributed by atoms with Gasteiger partial charge in [0.1, 0.15) is 8.07 Å². The SMILES string of the molecule is CC1(C)c2ccccc2-c2ccc(-c3cc(-c4ccc5c(c4)[Si](C)(C)c4ccccc4-5)nc4c(-c5ccc(-c6c7ccccc7c(-c7ccc8ccccc8c7)c7ccccc67)cc5)cccc34)cc21. The first-order valence-corrected chi connectivity index (χ1v) is 27.7. The molecule has 1 nitrogen and oxygen atoms in total. The quantitative estimate of drug-likeness (QED) is 0.124. The van der Waals surface area contributed by atoms with Gasteiger partial charge in [0.2, 0.25) is 0 Å². The lowest BCUT2D eigenvalue weighted by molar-refractivity contribution is 0.660. The minimum Gasteiger partial charge on any atom is -0.247 e. The van der Waals surface area contributed by atoms with Crippen molar-refractivity contribution in [1.82, 2.24) is 4.98 Å². The Labute approximate surface area is 410 Å². The lowest BCUT2D eigenvalue weighted by Crippen LogP contribution is -2.49. The maximum atomic E-state index is 5.70. The molecule has 0 radical (unpaired) electrons. The van der Waals surface area contributed by atoms with Gasteiger partial charge >= 0.3 is 0 Å². The molecular weight excluding hydrogens is 859 g/mol. The summed E-state index contributed by atoms with van der Waals surface area (Å²) in [7, 11) is -1.93. The standard InChI is InChI=1S/C68H49NSi/c1-68(2)60-26-13-11-18-50(60)51-36-34-46(39-61(51)68)59-41-62(47-35-37-53-52-19-12-14-27-63(52)70(3,4)64(53)40-47)69-67-49(24-15-25-58(59)67)43-29-31-44(32-30-43)65-54-20-7-9-22-56(54)66(57-23-10-8-21-55(57)65)48-33-28-42-16-5-6-17-45(42)38-48/h5-41H,1-4H3. The molecule has 11 aromatic carbocycles. The summed E-state index contributed by atoms with van der Waals surface area (Å²) in [6, 6.07) is 84.1. The first-order valence-electron chi connectivity index (χ1n) is 24.7. The lowest BCUT2D eigenvalue weighted by Gasteiger charge is -2.22. The first-order chi connectivity index (χ1) is 34.2. The van der Waals surface area contributed by atoms with E-state index in [0.717, 1.165) is 27.7 Å². The van der Waals surface area contributed by atoms with Crippen molar-refractivity contribution in [1.29, 1.82) is 0 Å². The zero-order valence-electron chi connectivity index (χ0n) is 39.8. The van der Waals surface area contributed by atoms with Crippen molar-refractivity contribution in [3.8, 4) is 78.0 Å². The zero-order valence-corrected chi connectivity index (χ0v) is 40.8. The van der Waals surface area contributed by atoms with Gasteiger partial charge in [-0.25, -0.2) is 4.98 Å². The molecule has 14 rings (SSSR count). The molecule has 0 atom stereocenters. The molecule has 0 bridgehead atoms. The molecule has 0 fully saturated rings. The van der Waals surface area contributed by atoms with E-state index in [1.54, 1.807) is 0 Å². The predicted molar refractivity (Wildman–Crippen MR) is 301 cm³/mol. The maximum Gasteiger partial charge on any atom is 0.113 e. The molecule has 0 spiro atoms. The maximum absolute atomic E-state index is 5.70.